The number of rotatable bonds is 5. The summed E-state index contributed by atoms with van der Waals surface area (Å²) in [4.78, 5) is 20.4. The maximum Gasteiger partial charge on any atom is 0.304 e. The predicted molar refractivity (Wildman–Crippen MR) is 49.0 cm³/mol. The summed E-state index contributed by atoms with van der Waals surface area (Å²) in [6.45, 7) is 5.05. The minimum absolute atomic E-state index is 0.412. The average molecular weight is 190 g/mol. The van der Waals surface area contributed by atoms with Crippen LogP contribution in [0.25, 0.3) is 0 Å². The Morgan fingerprint density at radius 3 is 2.42 bits per heavy atom. The highest BCUT2D eigenvalue weighted by Gasteiger charge is 2.30. The molecule has 0 N–H and O–H groups in total. The van der Waals surface area contributed by atoms with Gasteiger partial charge >= 0.3 is 5.97 Å². The van der Waals surface area contributed by atoms with Crippen LogP contribution in [0.1, 0.15) is 27.2 Å². The van der Waals surface area contributed by atoms with Gasteiger partial charge in [-0.3, -0.25) is 9.59 Å². The Hall–Kier alpha value is -0.510. The molecule has 0 saturated carbocycles. The molecule has 0 saturated heterocycles. The maximum absolute atomic E-state index is 10.7. The van der Waals surface area contributed by atoms with Gasteiger partial charge in [-0.2, -0.15) is 0 Å². The van der Waals surface area contributed by atoms with Crippen LogP contribution in [-0.4, -0.2) is 22.9 Å². The fourth-order valence-electron chi connectivity index (χ4n) is 0.833. The molecular weight excluding hydrogens is 176 g/mol. The molecule has 0 aromatic carbocycles. The van der Waals surface area contributed by atoms with Crippen molar-refractivity contribution >= 4 is 24.0 Å². The van der Waals surface area contributed by atoms with Gasteiger partial charge in [0.05, 0.1) is 0 Å². The molecule has 70 valence electrons. The van der Waals surface area contributed by atoms with Crippen LogP contribution in [0, 0.1) is 0 Å². The van der Waals surface area contributed by atoms with Gasteiger partial charge in [-0.15, -0.1) is 11.8 Å². The molecule has 12 heavy (non-hydrogen) atoms. The summed E-state index contributed by atoms with van der Waals surface area (Å²) < 4.78 is 4.93. The maximum atomic E-state index is 10.7. The lowest BCUT2D eigenvalue weighted by Gasteiger charge is -2.24. The first-order valence-corrected chi connectivity index (χ1v) is 4.88. The number of esters is 1. The summed E-state index contributed by atoms with van der Waals surface area (Å²) in [5.41, 5.74) is 0. The molecular formula is C8H14O3S. The van der Waals surface area contributed by atoms with Gasteiger partial charge < -0.3 is 4.74 Å². The van der Waals surface area contributed by atoms with Crippen molar-refractivity contribution < 1.29 is 14.3 Å². The number of thioether (sulfide) groups is 1. The second kappa shape index (κ2) is 5.19. The molecule has 0 aliphatic rings. The molecule has 0 aromatic heterocycles. The van der Waals surface area contributed by atoms with E-state index < -0.39 is 10.9 Å². The first kappa shape index (κ1) is 11.5. The molecule has 3 nitrogen and oxygen atoms in total. The number of aldehydes is 1. The number of carbonyl (C=O) groups is 2. The van der Waals surface area contributed by atoms with Gasteiger partial charge in [-0.25, -0.2) is 0 Å². The van der Waals surface area contributed by atoms with Gasteiger partial charge in [0.25, 0.3) is 0 Å². The van der Waals surface area contributed by atoms with Gasteiger partial charge in [-0.1, -0.05) is 13.8 Å². The van der Waals surface area contributed by atoms with E-state index in [1.54, 1.807) is 0 Å². The fraction of sp³-hybridized carbons (Fsp3) is 0.750. The molecule has 0 aliphatic carbocycles. The number of hydrogen-bond acceptors (Lipinski definition) is 4. The molecule has 0 bridgehead atoms. The lowest BCUT2D eigenvalue weighted by molar-refractivity contribution is -0.152. The Morgan fingerprint density at radius 2 is 2.17 bits per heavy atom. The number of carbonyl (C=O) groups excluding carboxylic acids is 2. The molecule has 0 aromatic rings. The van der Waals surface area contributed by atoms with E-state index in [9.17, 15) is 9.59 Å². The van der Waals surface area contributed by atoms with Gasteiger partial charge in [0, 0.05) is 13.3 Å². The normalized spacial score (nSPS) is 14.9. The van der Waals surface area contributed by atoms with Crippen LogP contribution in [0.15, 0.2) is 0 Å². The summed E-state index contributed by atoms with van der Waals surface area (Å²) >= 11 is 1.34. The Balaban J connectivity index is 4.33. The molecule has 1 atom stereocenters. The summed E-state index contributed by atoms with van der Waals surface area (Å²) in [6.07, 6.45) is 1.21. The minimum atomic E-state index is -0.958. The first-order chi connectivity index (χ1) is 5.60. The molecule has 4 heteroatoms. The first-order valence-electron chi connectivity index (χ1n) is 3.90. The lowest BCUT2D eigenvalue weighted by Crippen LogP contribution is -2.32. The zero-order chi connectivity index (χ0) is 9.61. The second-order valence-corrected chi connectivity index (χ2v) is 3.87. The molecule has 0 radical (unpaired) electrons. The van der Waals surface area contributed by atoms with Crippen molar-refractivity contribution in [3.05, 3.63) is 0 Å². The van der Waals surface area contributed by atoms with E-state index in [-0.39, 0.29) is 0 Å². The van der Waals surface area contributed by atoms with E-state index >= 15 is 0 Å². The quantitative estimate of drug-likeness (QED) is 0.375. The smallest absolute Gasteiger partial charge is 0.304 e. The topological polar surface area (TPSA) is 43.4 Å². The zero-order valence-corrected chi connectivity index (χ0v) is 8.44. The van der Waals surface area contributed by atoms with Crippen LogP contribution in [0.3, 0.4) is 0 Å². The number of hydrogen-bond donors (Lipinski definition) is 0. The van der Waals surface area contributed by atoms with Crippen LogP contribution in [0.2, 0.25) is 0 Å². The summed E-state index contributed by atoms with van der Waals surface area (Å²) in [6, 6.07) is 0. The van der Waals surface area contributed by atoms with Crippen LogP contribution in [0.5, 0.6) is 0 Å². The highest BCUT2D eigenvalue weighted by Crippen LogP contribution is 2.28. The van der Waals surface area contributed by atoms with Gasteiger partial charge in [0.1, 0.15) is 0 Å². The third-order valence-corrected chi connectivity index (χ3v) is 2.62. The van der Waals surface area contributed by atoms with Crippen molar-refractivity contribution in [3.8, 4) is 0 Å². The Kier molecular flexibility index (Phi) is 4.97. The second-order valence-electron chi connectivity index (χ2n) is 2.31. The molecule has 1 unspecified atom stereocenters. The van der Waals surface area contributed by atoms with Crippen molar-refractivity contribution in [2.45, 2.75) is 32.1 Å². The van der Waals surface area contributed by atoms with Crippen molar-refractivity contribution in [1.82, 2.24) is 0 Å². The van der Waals surface area contributed by atoms with E-state index in [2.05, 4.69) is 0 Å². The highest BCUT2D eigenvalue weighted by atomic mass is 32.2. The summed E-state index contributed by atoms with van der Waals surface area (Å²) in [7, 11) is 0. The van der Waals surface area contributed by atoms with Crippen molar-refractivity contribution in [2.75, 3.05) is 5.75 Å². The van der Waals surface area contributed by atoms with Crippen molar-refractivity contribution in [1.29, 1.82) is 0 Å². The summed E-state index contributed by atoms with van der Waals surface area (Å²) in [5.74, 6) is 0.338. The van der Waals surface area contributed by atoms with E-state index in [4.69, 9.17) is 4.74 Å². The SMILES string of the molecule is CCSC(C=O)(CC)OC(C)=O. The van der Waals surface area contributed by atoms with E-state index in [0.29, 0.717) is 12.7 Å². The Labute approximate surface area is 76.9 Å². The van der Waals surface area contributed by atoms with E-state index in [1.807, 2.05) is 13.8 Å². The third-order valence-electron chi connectivity index (χ3n) is 1.38. The van der Waals surface area contributed by atoms with Gasteiger partial charge in [0.15, 0.2) is 6.29 Å². The predicted octanol–water partition coefficient (Wildman–Crippen LogP) is 1.61. The third kappa shape index (κ3) is 3.26. The van der Waals surface area contributed by atoms with Crippen LogP contribution in [-0.2, 0) is 14.3 Å². The highest BCUT2D eigenvalue weighted by molar-refractivity contribution is 8.01. The molecule has 0 spiro atoms. The molecule has 0 fully saturated rings. The zero-order valence-electron chi connectivity index (χ0n) is 7.62. The van der Waals surface area contributed by atoms with Gasteiger partial charge in [-0.05, 0) is 5.75 Å². The lowest BCUT2D eigenvalue weighted by atomic mass is 10.3. The van der Waals surface area contributed by atoms with Gasteiger partial charge in [0.2, 0.25) is 4.93 Å². The average Bonchev–Trinajstić information content (AvgIpc) is 2.03. The molecule has 0 amide bonds. The van der Waals surface area contributed by atoms with Crippen LogP contribution < -0.4 is 0 Å². The minimum Gasteiger partial charge on any atom is -0.441 e. The fourth-order valence-corrected chi connectivity index (χ4v) is 1.77. The summed E-state index contributed by atoms with van der Waals surface area (Å²) in [5, 5.41) is 0. The van der Waals surface area contributed by atoms with Crippen LogP contribution in [0.4, 0.5) is 0 Å². The Bertz CT molecular complexity index is 170. The molecule has 0 rings (SSSR count). The Morgan fingerprint density at radius 1 is 1.58 bits per heavy atom. The molecule has 0 heterocycles. The van der Waals surface area contributed by atoms with Crippen molar-refractivity contribution in [3.63, 3.8) is 0 Å². The number of ether oxygens (including phenoxy) is 1. The van der Waals surface area contributed by atoms with E-state index in [1.165, 1.54) is 18.7 Å². The van der Waals surface area contributed by atoms with E-state index in [0.717, 1.165) is 5.75 Å². The largest absolute Gasteiger partial charge is 0.441 e. The van der Waals surface area contributed by atoms with Crippen LogP contribution >= 0.6 is 11.8 Å². The standard InChI is InChI=1S/C8H14O3S/c1-4-8(6-9,12-5-2)11-7(3)10/h6H,4-5H2,1-3H3. The molecule has 0 aliphatic heterocycles. The monoisotopic (exact) mass is 190 g/mol. The van der Waals surface area contributed by atoms with Crippen molar-refractivity contribution in [2.24, 2.45) is 0 Å².